The molecule has 4 aliphatic rings. The van der Waals surface area contributed by atoms with Crippen molar-refractivity contribution in [1.82, 2.24) is 0 Å². The maximum atomic E-state index is 13.4. The van der Waals surface area contributed by atoms with Gasteiger partial charge in [-0.2, -0.15) is 0 Å². The molecule has 0 aliphatic heterocycles. The van der Waals surface area contributed by atoms with E-state index >= 15 is 0 Å². The molecule has 0 radical (unpaired) electrons. The van der Waals surface area contributed by atoms with Crippen molar-refractivity contribution in [1.29, 1.82) is 0 Å². The lowest BCUT2D eigenvalue weighted by Crippen LogP contribution is -2.46. The molecule has 0 amide bonds. The van der Waals surface area contributed by atoms with Crippen molar-refractivity contribution in [3.8, 4) is 0 Å². The van der Waals surface area contributed by atoms with Crippen LogP contribution in [0.2, 0.25) is 0 Å². The first-order valence-corrected chi connectivity index (χ1v) is 9.28. The highest BCUT2D eigenvalue weighted by atomic mass is 32.2. The topological polar surface area (TPSA) is 26.0 Å². The monoisotopic (exact) mass is 305 g/mol. The van der Waals surface area contributed by atoms with Gasteiger partial charge in [-0.25, -0.2) is 4.39 Å². The molecule has 2 N–H and O–H groups in total. The van der Waals surface area contributed by atoms with Gasteiger partial charge in [0.2, 0.25) is 0 Å². The van der Waals surface area contributed by atoms with E-state index in [9.17, 15) is 4.39 Å². The fourth-order valence-corrected chi connectivity index (χ4v) is 6.84. The van der Waals surface area contributed by atoms with Crippen LogP contribution in [0.1, 0.15) is 44.9 Å². The summed E-state index contributed by atoms with van der Waals surface area (Å²) >= 11 is 1.78. The van der Waals surface area contributed by atoms with E-state index in [2.05, 4.69) is 0 Å². The summed E-state index contributed by atoms with van der Waals surface area (Å²) in [6.07, 6.45) is 10.2. The number of nitrogen functional groups attached to an aromatic ring is 1. The standard InChI is InChI=1S/C18H24FNS/c19-15-6-16(20)8-17(7-15)21-2-1-18-9-12-3-13(10-18)5-14(4-12)11-18/h6-8,12-14H,1-5,9-11,20H2. The minimum Gasteiger partial charge on any atom is -0.399 e. The highest BCUT2D eigenvalue weighted by Gasteiger charge is 2.50. The van der Waals surface area contributed by atoms with Gasteiger partial charge in [0.25, 0.3) is 0 Å². The number of anilines is 1. The fourth-order valence-electron chi connectivity index (χ4n) is 5.65. The summed E-state index contributed by atoms with van der Waals surface area (Å²) in [6, 6.07) is 4.90. The van der Waals surface area contributed by atoms with E-state index in [0.717, 1.165) is 28.4 Å². The van der Waals surface area contributed by atoms with E-state index in [4.69, 9.17) is 5.73 Å². The second-order valence-electron chi connectivity index (χ2n) is 7.74. The normalized spacial score (nSPS) is 37.1. The molecule has 0 spiro atoms. The smallest absolute Gasteiger partial charge is 0.126 e. The lowest BCUT2D eigenvalue weighted by Gasteiger charge is -2.57. The predicted molar refractivity (Wildman–Crippen MR) is 86.8 cm³/mol. The highest BCUT2D eigenvalue weighted by Crippen LogP contribution is 2.61. The van der Waals surface area contributed by atoms with Gasteiger partial charge in [0, 0.05) is 10.6 Å². The SMILES string of the molecule is Nc1cc(F)cc(SCCC23CC4CC(CC(C4)C2)C3)c1. The average Bonchev–Trinajstić information content (AvgIpc) is 2.35. The third kappa shape index (κ3) is 2.81. The zero-order valence-corrected chi connectivity index (χ0v) is 13.3. The molecular formula is C18H24FNS. The Labute approximate surface area is 130 Å². The van der Waals surface area contributed by atoms with Gasteiger partial charge in [-0.05, 0) is 92.1 Å². The first kappa shape index (κ1) is 13.9. The quantitative estimate of drug-likeness (QED) is 0.618. The summed E-state index contributed by atoms with van der Waals surface area (Å²) < 4.78 is 13.4. The van der Waals surface area contributed by atoms with E-state index in [1.807, 2.05) is 6.07 Å². The van der Waals surface area contributed by atoms with Crippen molar-refractivity contribution in [3.05, 3.63) is 24.0 Å². The second-order valence-corrected chi connectivity index (χ2v) is 8.90. The van der Waals surface area contributed by atoms with Crippen molar-refractivity contribution < 1.29 is 4.39 Å². The summed E-state index contributed by atoms with van der Waals surface area (Å²) in [4.78, 5) is 0.984. The van der Waals surface area contributed by atoms with E-state index in [0.29, 0.717) is 11.1 Å². The van der Waals surface area contributed by atoms with Crippen molar-refractivity contribution >= 4 is 17.4 Å². The maximum Gasteiger partial charge on any atom is 0.126 e. The van der Waals surface area contributed by atoms with Crippen molar-refractivity contribution in [3.63, 3.8) is 0 Å². The van der Waals surface area contributed by atoms with Gasteiger partial charge in [-0.3, -0.25) is 0 Å². The van der Waals surface area contributed by atoms with E-state index in [1.54, 1.807) is 17.8 Å². The molecule has 0 saturated heterocycles. The molecule has 0 atom stereocenters. The second kappa shape index (κ2) is 5.19. The molecule has 0 unspecified atom stereocenters. The van der Waals surface area contributed by atoms with Crippen LogP contribution in [0.3, 0.4) is 0 Å². The van der Waals surface area contributed by atoms with Crippen LogP contribution in [0.4, 0.5) is 10.1 Å². The Kier molecular flexibility index (Phi) is 3.44. The molecule has 1 aromatic carbocycles. The van der Waals surface area contributed by atoms with Crippen LogP contribution < -0.4 is 5.73 Å². The van der Waals surface area contributed by atoms with Crippen LogP contribution in [0.5, 0.6) is 0 Å². The number of halogens is 1. The summed E-state index contributed by atoms with van der Waals surface area (Å²) in [5.74, 6) is 3.95. The molecule has 1 nitrogen and oxygen atoms in total. The zero-order valence-electron chi connectivity index (χ0n) is 12.5. The summed E-state index contributed by atoms with van der Waals surface area (Å²) in [7, 11) is 0. The van der Waals surface area contributed by atoms with Crippen molar-refractivity contribution in [2.24, 2.45) is 23.2 Å². The van der Waals surface area contributed by atoms with Crippen LogP contribution in [0.25, 0.3) is 0 Å². The number of rotatable bonds is 4. The van der Waals surface area contributed by atoms with Gasteiger partial charge in [0.05, 0.1) is 0 Å². The Morgan fingerprint density at radius 3 is 2.24 bits per heavy atom. The molecule has 0 heterocycles. The molecule has 21 heavy (non-hydrogen) atoms. The van der Waals surface area contributed by atoms with Crippen LogP contribution in [-0.4, -0.2) is 5.75 Å². The molecular weight excluding hydrogens is 281 g/mol. The minimum atomic E-state index is -0.215. The van der Waals surface area contributed by atoms with Crippen LogP contribution in [0.15, 0.2) is 23.1 Å². The Morgan fingerprint density at radius 2 is 1.67 bits per heavy atom. The van der Waals surface area contributed by atoms with E-state index < -0.39 is 0 Å². The van der Waals surface area contributed by atoms with Crippen LogP contribution in [-0.2, 0) is 0 Å². The van der Waals surface area contributed by atoms with Crippen molar-refractivity contribution in [2.75, 3.05) is 11.5 Å². The number of benzene rings is 1. The van der Waals surface area contributed by atoms with Gasteiger partial charge in [-0.1, -0.05) is 0 Å². The van der Waals surface area contributed by atoms with E-state index in [-0.39, 0.29) is 5.82 Å². The molecule has 4 aliphatic carbocycles. The van der Waals surface area contributed by atoms with Gasteiger partial charge in [0.1, 0.15) is 5.82 Å². The number of nitrogens with two attached hydrogens (primary N) is 1. The first-order valence-electron chi connectivity index (χ1n) is 8.29. The minimum absolute atomic E-state index is 0.215. The molecule has 114 valence electrons. The molecule has 4 saturated carbocycles. The molecule has 4 bridgehead atoms. The molecule has 3 heteroatoms. The van der Waals surface area contributed by atoms with Crippen LogP contribution in [0, 0.1) is 29.0 Å². The Morgan fingerprint density at radius 1 is 1.05 bits per heavy atom. The number of hydrogen-bond acceptors (Lipinski definition) is 2. The van der Waals surface area contributed by atoms with Crippen molar-refractivity contribution in [2.45, 2.75) is 49.8 Å². The Balaban J connectivity index is 1.38. The molecule has 4 fully saturated rings. The lowest BCUT2D eigenvalue weighted by atomic mass is 9.49. The molecule has 1 aromatic rings. The van der Waals surface area contributed by atoms with Gasteiger partial charge >= 0.3 is 0 Å². The number of thioether (sulfide) groups is 1. The molecule has 0 aromatic heterocycles. The average molecular weight is 305 g/mol. The van der Waals surface area contributed by atoms with Gasteiger partial charge in [0.15, 0.2) is 0 Å². The summed E-state index contributed by atoms with van der Waals surface area (Å²) in [5.41, 5.74) is 6.88. The fraction of sp³-hybridized carbons (Fsp3) is 0.667. The first-order chi connectivity index (χ1) is 10.1. The Hall–Kier alpha value is -0.700. The Bertz CT molecular complexity index is 486. The maximum absolute atomic E-state index is 13.4. The highest BCUT2D eigenvalue weighted by molar-refractivity contribution is 7.99. The third-order valence-corrected chi connectivity index (χ3v) is 6.94. The predicted octanol–water partition coefficient (Wildman–Crippen LogP) is 5.11. The largest absolute Gasteiger partial charge is 0.399 e. The lowest BCUT2D eigenvalue weighted by molar-refractivity contribution is -0.0538. The van der Waals surface area contributed by atoms with Gasteiger partial charge < -0.3 is 5.73 Å². The summed E-state index contributed by atoms with van der Waals surface area (Å²) in [6.45, 7) is 0. The van der Waals surface area contributed by atoms with Gasteiger partial charge in [-0.15, -0.1) is 11.8 Å². The van der Waals surface area contributed by atoms with Crippen LogP contribution >= 0.6 is 11.8 Å². The third-order valence-electron chi connectivity index (χ3n) is 5.96. The summed E-state index contributed by atoms with van der Waals surface area (Å²) in [5, 5.41) is 0. The van der Waals surface area contributed by atoms with E-state index in [1.165, 1.54) is 51.0 Å². The zero-order chi connectivity index (χ0) is 14.4. The number of hydrogen-bond donors (Lipinski definition) is 1. The molecule has 5 rings (SSSR count).